The van der Waals surface area contributed by atoms with Gasteiger partial charge in [0.15, 0.2) is 0 Å². The van der Waals surface area contributed by atoms with Gasteiger partial charge in [-0.25, -0.2) is 0 Å². The topological polar surface area (TPSA) is 24.9 Å². The minimum absolute atomic E-state index is 0.662. The SMILES string of the molecule is COc1ccc2c(c1)CC(N(C)CC1CCN(OC)CC1)CC2. The number of fused-ring (bicyclic) bond motifs is 1. The maximum Gasteiger partial charge on any atom is 0.119 e. The Morgan fingerprint density at radius 1 is 1.13 bits per heavy atom. The number of aryl methyl sites for hydroxylation is 1. The summed E-state index contributed by atoms with van der Waals surface area (Å²) in [5.74, 6) is 1.79. The fourth-order valence-corrected chi connectivity index (χ4v) is 4.05. The molecule has 2 aliphatic rings. The van der Waals surface area contributed by atoms with Crippen LogP contribution in [-0.2, 0) is 17.7 Å². The van der Waals surface area contributed by atoms with Crippen molar-refractivity contribution in [2.75, 3.05) is 40.9 Å². The maximum absolute atomic E-state index is 5.39. The summed E-state index contributed by atoms with van der Waals surface area (Å²) in [6.07, 6.45) is 6.10. The first kappa shape index (κ1) is 16.7. The molecule has 4 heteroatoms. The molecule has 1 fully saturated rings. The molecule has 1 aliphatic heterocycles. The zero-order valence-corrected chi connectivity index (χ0v) is 14.8. The molecule has 1 heterocycles. The standard InChI is InChI=1S/C19H30N2O2/c1-20(14-15-8-10-21(23-3)11-9-15)18-6-4-16-5-7-19(22-2)13-17(16)12-18/h5,7,13,15,18H,4,6,8-12,14H2,1-3H3. The highest BCUT2D eigenvalue weighted by Gasteiger charge is 2.26. The van der Waals surface area contributed by atoms with Gasteiger partial charge in [-0.05, 0) is 68.3 Å². The highest BCUT2D eigenvalue weighted by Crippen LogP contribution is 2.28. The number of hydrogen-bond acceptors (Lipinski definition) is 4. The molecule has 1 unspecified atom stereocenters. The zero-order chi connectivity index (χ0) is 16.2. The van der Waals surface area contributed by atoms with Gasteiger partial charge in [-0.2, -0.15) is 5.06 Å². The van der Waals surface area contributed by atoms with Crippen LogP contribution in [0.1, 0.15) is 30.4 Å². The molecule has 3 rings (SSSR count). The van der Waals surface area contributed by atoms with Crippen molar-refractivity contribution in [3.8, 4) is 5.75 Å². The summed E-state index contributed by atoms with van der Waals surface area (Å²) in [5.41, 5.74) is 2.98. The van der Waals surface area contributed by atoms with Crippen LogP contribution in [0.2, 0.25) is 0 Å². The van der Waals surface area contributed by atoms with Crippen LogP contribution < -0.4 is 4.74 Å². The van der Waals surface area contributed by atoms with Crippen LogP contribution in [0.5, 0.6) is 5.75 Å². The summed E-state index contributed by atoms with van der Waals surface area (Å²) in [7, 11) is 5.83. The van der Waals surface area contributed by atoms with Gasteiger partial charge < -0.3 is 14.5 Å². The van der Waals surface area contributed by atoms with Gasteiger partial charge in [0.25, 0.3) is 0 Å². The first-order valence-electron chi connectivity index (χ1n) is 8.84. The molecule has 0 N–H and O–H groups in total. The van der Waals surface area contributed by atoms with Crippen molar-refractivity contribution in [3.05, 3.63) is 29.3 Å². The molecule has 128 valence electrons. The lowest BCUT2D eigenvalue weighted by atomic mass is 9.86. The first-order chi connectivity index (χ1) is 11.2. The molecule has 0 spiro atoms. The number of rotatable bonds is 5. The second-order valence-corrected chi connectivity index (χ2v) is 7.03. The number of hydrogen-bond donors (Lipinski definition) is 0. The molecular weight excluding hydrogens is 288 g/mol. The van der Waals surface area contributed by atoms with E-state index >= 15 is 0 Å². The van der Waals surface area contributed by atoms with Crippen molar-refractivity contribution in [1.29, 1.82) is 0 Å². The quantitative estimate of drug-likeness (QED) is 0.833. The van der Waals surface area contributed by atoms with E-state index in [1.165, 1.54) is 43.4 Å². The Balaban J connectivity index is 1.55. The number of ether oxygens (including phenoxy) is 1. The van der Waals surface area contributed by atoms with Gasteiger partial charge in [0.2, 0.25) is 0 Å². The Kier molecular flexibility index (Phi) is 5.57. The van der Waals surface area contributed by atoms with E-state index in [1.54, 1.807) is 14.2 Å². The van der Waals surface area contributed by atoms with Gasteiger partial charge in [0, 0.05) is 25.7 Å². The minimum atomic E-state index is 0.662. The van der Waals surface area contributed by atoms with Gasteiger partial charge in [-0.15, -0.1) is 0 Å². The molecule has 0 radical (unpaired) electrons. The first-order valence-corrected chi connectivity index (χ1v) is 8.84. The van der Waals surface area contributed by atoms with E-state index in [0.717, 1.165) is 31.2 Å². The molecule has 4 nitrogen and oxygen atoms in total. The summed E-state index contributed by atoms with van der Waals surface area (Å²) in [4.78, 5) is 7.92. The summed E-state index contributed by atoms with van der Waals surface area (Å²) >= 11 is 0. The number of nitrogens with zero attached hydrogens (tertiary/aromatic N) is 2. The molecule has 1 aromatic rings. The van der Waals surface area contributed by atoms with Gasteiger partial charge in [0.1, 0.15) is 5.75 Å². The van der Waals surface area contributed by atoms with E-state index in [9.17, 15) is 0 Å². The van der Waals surface area contributed by atoms with E-state index in [0.29, 0.717) is 6.04 Å². The van der Waals surface area contributed by atoms with Crippen LogP contribution in [0.3, 0.4) is 0 Å². The number of benzene rings is 1. The maximum atomic E-state index is 5.39. The predicted molar refractivity (Wildman–Crippen MR) is 92.7 cm³/mol. The van der Waals surface area contributed by atoms with E-state index in [-0.39, 0.29) is 0 Å². The predicted octanol–water partition coefficient (Wildman–Crippen LogP) is 2.76. The normalized spacial score (nSPS) is 23.0. The molecule has 1 atom stereocenters. The average Bonchev–Trinajstić information content (AvgIpc) is 2.61. The molecule has 0 bridgehead atoms. The summed E-state index contributed by atoms with van der Waals surface area (Å²) in [6.45, 7) is 3.35. The van der Waals surface area contributed by atoms with Gasteiger partial charge in [-0.1, -0.05) is 6.07 Å². The van der Waals surface area contributed by atoms with Crippen molar-refractivity contribution in [3.63, 3.8) is 0 Å². The van der Waals surface area contributed by atoms with Gasteiger partial charge in [-0.3, -0.25) is 0 Å². The molecule has 1 aliphatic carbocycles. The Bertz CT molecular complexity index is 512. The lowest BCUT2D eigenvalue weighted by Crippen LogP contribution is -2.42. The molecule has 1 saturated heterocycles. The second-order valence-electron chi connectivity index (χ2n) is 7.03. The van der Waals surface area contributed by atoms with Crippen LogP contribution in [0, 0.1) is 5.92 Å². The Morgan fingerprint density at radius 3 is 2.61 bits per heavy atom. The van der Waals surface area contributed by atoms with Crippen molar-refractivity contribution in [1.82, 2.24) is 9.96 Å². The van der Waals surface area contributed by atoms with Crippen LogP contribution in [0.15, 0.2) is 18.2 Å². The average molecular weight is 318 g/mol. The van der Waals surface area contributed by atoms with Crippen molar-refractivity contribution in [2.24, 2.45) is 5.92 Å². The zero-order valence-electron chi connectivity index (χ0n) is 14.8. The molecule has 23 heavy (non-hydrogen) atoms. The van der Waals surface area contributed by atoms with E-state index < -0.39 is 0 Å². The van der Waals surface area contributed by atoms with Crippen molar-refractivity contribution >= 4 is 0 Å². The summed E-state index contributed by atoms with van der Waals surface area (Å²) in [6, 6.07) is 7.22. The minimum Gasteiger partial charge on any atom is -0.497 e. The molecular formula is C19H30N2O2. The number of likely N-dealkylation sites (N-methyl/N-ethyl adjacent to an activating group) is 1. The number of piperidine rings is 1. The highest BCUT2D eigenvalue weighted by atomic mass is 16.7. The second kappa shape index (κ2) is 7.65. The van der Waals surface area contributed by atoms with Crippen LogP contribution >= 0.6 is 0 Å². The monoisotopic (exact) mass is 318 g/mol. The Hall–Kier alpha value is -1.10. The largest absolute Gasteiger partial charge is 0.497 e. The fourth-order valence-electron chi connectivity index (χ4n) is 4.05. The molecule has 0 amide bonds. The molecule has 0 saturated carbocycles. The van der Waals surface area contributed by atoms with Crippen LogP contribution in [0.4, 0.5) is 0 Å². The Morgan fingerprint density at radius 2 is 1.91 bits per heavy atom. The van der Waals surface area contributed by atoms with Gasteiger partial charge in [0.05, 0.1) is 14.2 Å². The number of methoxy groups -OCH3 is 1. The highest BCUT2D eigenvalue weighted by molar-refractivity contribution is 5.37. The summed E-state index contributed by atoms with van der Waals surface area (Å²) < 4.78 is 5.39. The lowest BCUT2D eigenvalue weighted by molar-refractivity contribution is -0.149. The van der Waals surface area contributed by atoms with Crippen molar-refractivity contribution in [2.45, 2.75) is 38.1 Å². The van der Waals surface area contributed by atoms with Crippen molar-refractivity contribution < 1.29 is 9.57 Å². The Labute approximate surface area is 140 Å². The van der Waals surface area contributed by atoms with E-state index in [2.05, 4.69) is 35.2 Å². The number of hydroxylamine groups is 2. The molecule has 1 aromatic carbocycles. The molecule has 0 aromatic heterocycles. The smallest absolute Gasteiger partial charge is 0.119 e. The third-order valence-electron chi connectivity index (χ3n) is 5.62. The van der Waals surface area contributed by atoms with E-state index in [1.807, 2.05) is 0 Å². The third-order valence-corrected chi connectivity index (χ3v) is 5.62. The third kappa shape index (κ3) is 4.06. The fraction of sp³-hybridized carbons (Fsp3) is 0.684. The van der Waals surface area contributed by atoms with E-state index in [4.69, 9.17) is 9.57 Å². The summed E-state index contributed by atoms with van der Waals surface area (Å²) in [5, 5.41) is 2.08. The van der Waals surface area contributed by atoms with Crippen LogP contribution in [0.25, 0.3) is 0 Å². The van der Waals surface area contributed by atoms with Crippen LogP contribution in [-0.4, -0.2) is 56.9 Å². The lowest BCUT2D eigenvalue weighted by Gasteiger charge is -2.37. The van der Waals surface area contributed by atoms with Gasteiger partial charge >= 0.3 is 0 Å².